The van der Waals surface area contributed by atoms with Crippen LogP contribution in [0.4, 0.5) is 0 Å². The smallest absolute Gasteiger partial charge is 0.203 e. The standard InChI is InChI=1S/C22H27N3O2/c1-4-17-7-5-8-19-21(17)24(13-6-14-27-3)22(23)25(19)15-20(26)18-11-9-16(2)10-12-18/h5,7-12,23H,4,6,13-15H2,1-3H3. The van der Waals surface area contributed by atoms with E-state index >= 15 is 0 Å². The summed E-state index contributed by atoms with van der Waals surface area (Å²) in [5.74, 6) is 0.0198. The fourth-order valence-corrected chi connectivity index (χ4v) is 3.48. The van der Waals surface area contributed by atoms with Crippen molar-refractivity contribution in [2.75, 3.05) is 13.7 Å². The van der Waals surface area contributed by atoms with Crippen molar-refractivity contribution in [3.63, 3.8) is 0 Å². The van der Waals surface area contributed by atoms with E-state index in [9.17, 15) is 4.79 Å². The van der Waals surface area contributed by atoms with Crippen molar-refractivity contribution in [1.29, 1.82) is 5.41 Å². The van der Waals surface area contributed by atoms with Crippen LogP contribution in [-0.4, -0.2) is 28.6 Å². The summed E-state index contributed by atoms with van der Waals surface area (Å²) in [6.45, 7) is 5.64. The molecule has 0 saturated heterocycles. The Morgan fingerprint density at radius 3 is 2.52 bits per heavy atom. The molecule has 142 valence electrons. The van der Waals surface area contributed by atoms with Crippen molar-refractivity contribution < 1.29 is 9.53 Å². The molecule has 3 rings (SSSR count). The number of nitrogens with one attached hydrogen (secondary N) is 1. The van der Waals surface area contributed by atoms with Gasteiger partial charge >= 0.3 is 0 Å². The predicted octanol–water partition coefficient (Wildman–Crippen LogP) is 3.71. The number of carbonyl (C=O) groups excluding carboxylic acids is 1. The molecular formula is C22H27N3O2. The number of methoxy groups -OCH3 is 1. The van der Waals surface area contributed by atoms with Gasteiger partial charge in [0.25, 0.3) is 0 Å². The number of carbonyl (C=O) groups is 1. The molecule has 0 aliphatic heterocycles. The number of ether oxygens (including phenoxy) is 1. The number of rotatable bonds is 8. The largest absolute Gasteiger partial charge is 0.385 e. The van der Waals surface area contributed by atoms with Gasteiger partial charge in [-0.25, -0.2) is 0 Å². The van der Waals surface area contributed by atoms with Gasteiger partial charge in [0.2, 0.25) is 5.62 Å². The van der Waals surface area contributed by atoms with E-state index in [4.69, 9.17) is 10.1 Å². The summed E-state index contributed by atoms with van der Waals surface area (Å²) >= 11 is 0. The Balaban J connectivity index is 2.04. The normalized spacial score (nSPS) is 11.2. The highest BCUT2D eigenvalue weighted by atomic mass is 16.5. The highest BCUT2D eigenvalue weighted by Crippen LogP contribution is 2.20. The molecule has 0 aliphatic rings. The lowest BCUT2D eigenvalue weighted by Crippen LogP contribution is -2.27. The van der Waals surface area contributed by atoms with E-state index in [1.165, 1.54) is 5.56 Å². The molecule has 3 aromatic rings. The van der Waals surface area contributed by atoms with Gasteiger partial charge in [0.1, 0.15) is 0 Å². The fourth-order valence-electron chi connectivity index (χ4n) is 3.48. The predicted molar refractivity (Wildman–Crippen MR) is 107 cm³/mol. The van der Waals surface area contributed by atoms with Crippen molar-refractivity contribution >= 4 is 16.8 Å². The zero-order valence-corrected chi connectivity index (χ0v) is 16.3. The number of aromatic nitrogens is 2. The highest BCUT2D eigenvalue weighted by molar-refractivity contribution is 5.96. The van der Waals surface area contributed by atoms with Gasteiger partial charge in [-0.3, -0.25) is 10.2 Å². The molecule has 5 heteroatoms. The molecule has 2 aromatic carbocycles. The molecule has 0 amide bonds. The Labute approximate surface area is 159 Å². The quantitative estimate of drug-likeness (QED) is 0.489. The first-order valence-electron chi connectivity index (χ1n) is 9.41. The lowest BCUT2D eigenvalue weighted by atomic mass is 10.1. The van der Waals surface area contributed by atoms with Gasteiger partial charge in [-0.15, -0.1) is 0 Å². The van der Waals surface area contributed by atoms with E-state index in [0.29, 0.717) is 24.3 Å². The van der Waals surface area contributed by atoms with Crippen LogP contribution in [0.2, 0.25) is 0 Å². The average molecular weight is 365 g/mol. The summed E-state index contributed by atoms with van der Waals surface area (Å²) in [6, 6.07) is 13.7. The molecule has 1 aromatic heterocycles. The van der Waals surface area contributed by atoms with Crippen LogP contribution in [-0.2, 0) is 24.2 Å². The van der Waals surface area contributed by atoms with Crippen molar-refractivity contribution in [3.8, 4) is 0 Å². The average Bonchev–Trinajstić information content (AvgIpc) is 2.94. The minimum atomic E-state index is 0.0198. The third-order valence-electron chi connectivity index (χ3n) is 4.96. The number of fused-ring (bicyclic) bond motifs is 1. The second kappa shape index (κ2) is 8.35. The summed E-state index contributed by atoms with van der Waals surface area (Å²) < 4.78 is 9.01. The highest BCUT2D eigenvalue weighted by Gasteiger charge is 2.16. The topological polar surface area (TPSA) is 60.0 Å². The van der Waals surface area contributed by atoms with Crippen molar-refractivity contribution in [1.82, 2.24) is 9.13 Å². The summed E-state index contributed by atoms with van der Waals surface area (Å²) in [6.07, 6.45) is 1.72. The number of para-hydroxylation sites is 1. The van der Waals surface area contributed by atoms with Gasteiger partial charge in [0, 0.05) is 25.8 Å². The molecule has 0 bridgehead atoms. The molecular weight excluding hydrogens is 338 g/mol. The van der Waals surface area contributed by atoms with E-state index in [-0.39, 0.29) is 12.3 Å². The second-order valence-electron chi connectivity index (χ2n) is 6.84. The first-order chi connectivity index (χ1) is 13.1. The van der Waals surface area contributed by atoms with Crippen LogP contribution in [0.3, 0.4) is 0 Å². The molecule has 0 unspecified atom stereocenters. The number of hydrogen-bond acceptors (Lipinski definition) is 3. The molecule has 0 atom stereocenters. The second-order valence-corrected chi connectivity index (χ2v) is 6.84. The van der Waals surface area contributed by atoms with Crippen LogP contribution in [0.5, 0.6) is 0 Å². The minimum absolute atomic E-state index is 0.0198. The molecule has 1 heterocycles. The molecule has 1 N–H and O–H groups in total. The Kier molecular flexibility index (Phi) is 5.91. The van der Waals surface area contributed by atoms with Crippen LogP contribution in [0, 0.1) is 12.3 Å². The van der Waals surface area contributed by atoms with E-state index in [0.717, 1.165) is 29.4 Å². The number of Topliss-reactive ketones (excluding diaryl/α,β-unsaturated/α-hetero) is 1. The van der Waals surface area contributed by atoms with Crippen LogP contribution < -0.4 is 5.62 Å². The number of hydrogen-bond donors (Lipinski definition) is 1. The molecule has 27 heavy (non-hydrogen) atoms. The van der Waals surface area contributed by atoms with Gasteiger partial charge < -0.3 is 13.9 Å². The van der Waals surface area contributed by atoms with Gasteiger partial charge in [0.05, 0.1) is 17.6 Å². The fraction of sp³-hybridized carbons (Fsp3) is 0.364. The molecule has 0 aliphatic carbocycles. The molecule has 0 fully saturated rings. The van der Waals surface area contributed by atoms with Crippen LogP contribution >= 0.6 is 0 Å². The third kappa shape index (κ3) is 3.88. The summed E-state index contributed by atoms with van der Waals surface area (Å²) in [7, 11) is 1.69. The molecule has 5 nitrogen and oxygen atoms in total. The number of benzene rings is 2. The van der Waals surface area contributed by atoms with Crippen LogP contribution in [0.25, 0.3) is 11.0 Å². The first-order valence-corrected chi connectivity index (χ1v) is 9.41. The number of ketones is 1. The van der Waals surface area contributed by atoms with E-state index in [1.807, 2.05) is 52.5 Å². The zero-order chi connectivity index (χ0) is 19.4. The zero-order valence-electron chi connectivity index (χ0n) is 16.3. The molecule has 0 saturated carbocycles. The Morgan fingerprint density at radius 1 is 1.11 bits per heavy atom. The number of aryl methyl sites for hydroxylation is 3. The van der Waals surface area contributed by atoms with Crippen LogP contribution in [0.15, 0.2) is 42.5 Å². The maximum Gasteiger partial charge on any atom is 0.203 e. The Bertz CT molecular complexity index is 997. The van der Waals surface area contributed by atoms with Gasteiger partial charge in [-0.05, 0) is 31.4 Å². The lowest BCUT2D eigenvalue weighted by molar-refractivity contribution is 0.0971. The Hall–Kier alpha value is -2.66. The van der Waals surface area contributed by atoms with Crippen LogP contribution in [0.1, 0.15) is 34.8 Å². The van der Waals surface area contributed by atoms with Gasteiger partial charge in [-0.1, -0.05) is 48.9 Å². The SMILES string of the molecule is CCc1cccc2c1n(CCCOC)c(=N)n2CC(=O)c1ccc(C)cc1. The van der Waals surface area contributed by atoms with Crippen molar-refractivity contribution in [3.05, 3.63) is 64.8 Å². The third-order valence-corrected chi connectivity index (χ3v) is 4.96. The first kappa shape index (κ1) is 19.1. The van der Waals surface area contributed by atoms with E-state index < -0.39 is 0 Å². The number of nitrogens with zero attached hydrogens (tertiary/aromatic N) is 2. The van der Waals surface area contributed by atoms with Crippen molar-refractivity contribution in [2.45, 2.75) is 39.8 Å². The van der Waals surface area contributed by atoms with Crippen molar-refractivity contribution in [2.24, 2.45) is 0 Å². The monoisotopic (exact) mass is 365 g/mol. The Morgan fingerprint density at radius 2 is 1.85 bits per heavy atom. The molecule has 0 radical (unpaired) electrons. The van der Waals surface area contributed by atoms with E-state index in [1.54, 1.807) is 7.11 Å². The minimum Gasteiger partial charge on any atom is -0.385 e. The summed E-state index contributed by atoms with van der Waals surface area (Å²) in [4.78, 5) is 12.8. The lowest BCUT2D eigenvalue weighted by Gasteiger charge is -2.07. The van der Waals surface area contributed by atoms with Gasteiger partial charge in [0.15, 0.2) is 5.78 Å². The summed E-state index contributed by atoms with van der Waals surface area (Å²) in [5, 5.41) is 8.71. The van der Waals surface area contributed by atoms with E-state index in [2.05, 4.69) is 13.0 Å². The maximum absolute atomic E-state index is 12.8. The molecule has 0 spiro atoms. The maximum atomic E-state index is 12.8. The summed E-state index contributed by atoms with van der Waals surface area (Å²) in [5.41, 5.74) is 5.36. The van der Waals surface area contributed by atoms with Gasteiger partial charge in [-0.2, -0.15) is 0 Å². The number of imidazole rings is 1.